The average molecular weight is 263 g/mol. The lowest BCUT2D eigenvalue weighted by Crippen LogP contribution is -2.08. The lowest BCUT2D eigenvalue weighted by molar-refractivity contribution is 0.483. The van der Waals surface area contributed by atoms with E-state index in [1.54, 1.807) is 17.0 Å². The first-order chi connectivity index (χ1) is 7.02. The van der Waals surface area contributed by atoms with Gasteiger partial charge in [-0.3, -0.25) is 4.55 Å². The predicted molar refractivity (Wildman–Crippen MR) is 62.7 cm³/mol. The SMILES string of the molecule is CCN1SSc2cc(S(=O)(=O)O)ccc21. The number of anilines is 1. The van der Waals surface area contributed by atoms with E-state index in [9.17, 15) is 8.42 Å². The Hall–Kier alpha value is -0.370. The number of rotatable bonds is 2. The van der Waals surface area contributed by atoms with Crippen LogP contribution in [0.5, 0.6) is 0 Å². The van der Waals surface area contributed by atoms with Gasteiger partial charge < -0.3 is 4.31 Å². The van der Waals surface area contributed by atoms with Crippen molar-refractivity contribution in [3.8, 4) is 0 Å². The summed E-state index contributed by atoms with van der Waals surface area (Å²) in [5, 5.41) is 0. The molecule has 0 aromatic heterocycles. The Morgan fingerprint density at radius 3 is 2.80 bits per heavy atom. The second kappa shape index (κ2) is 3.89. The van der Waals surface area contributed by atoms with Crippen LogP contribution in [0.2, 0.25) is 0 Å². The fourth-order valence-corrected chi connectivity index (χ4v) is 4.34. The van der Waals surface area contributed by atoms with Crippen LogP contribution >= 0.6 is 21.8 Å². The number of hydrogen-bond acceptors (Lipinski definition) is 5. The molecule has 4 nitrogen and oxygen atoms in total. The van der Waals surface area contributed by atoms with Gasteiger partial charge in [0.15, 0.2) is 0 Å². The summed E-state index contributed by atoms with van der Waals surface area (Å²) in [5.41, 5.74) is 1.000. The first kappa shape index (κ1) is 11.1. The molecule has 0 unspecified atom stereocenters. The highest BCUT2D eigenvalue weighted by molar-refractivity contribution is 8.77. The minimum Gasteiger partial charge on any atom is -0.306 e. The first-order valence-electron chi connectivity index (χ1n) is 4.26. The van der Waals surface area contributed by atoms with Crippen LogP contribution in [-0.4, -0.2) is 19.5 Å². The molecule has 0 radical (unpaired) electrons. The number of benzene rings is 1. The van der Waals surface area contributed by atoms with Gasteiger partial charge in [0.05, 0.1) is 10.6 Å². The molecule has 0 aliphatic carbocycles. The van der Waals surface area contributed by atoms with E-state index in [2.05, 4.69) is 4.31 Å². The Labute approximate surface area is 96.3 Å². The molecule has 0 amide bonds. The fraction of sp³-hybridized carbons (Fsp3) is 0.250. The zero-order valence-electron chi connectivity index (χ0n) is 7.87. The van der Waals surface area contributed by atoms with Crippen LogP contribution in [0.15, 0.2) is 28.0 Å². The van der Waals surface area contributed by atoms with Crippen molar-refractivity contribution in [2.75, 3.05) is 10.8 Å². The van der Waals surface area contributed by atoms with Crippen molar-refractivity contribution in [3.05, 3.63) is 18.2 Å². The Bertz CT molecular complexity index is 486. The molecule has 1 N–H and O–H groups in total. The summed E-state index contributed by atoms with van der Waals surface area (Å²) in [5.74, 6) is 0. The zero-order valence-corrected chi connectivity index (χ0v) is 10.3. The van der Waals surface area contributed by atoms with Crippen LogP contribution in [0.4, 0.5) is 5.69 Å². The molecule has 82 valence electrons. The van der Waals surface area contributed by atoms with Gasteiger partial charge in [-0.05, 0) is 35.9 Å². The van der Waals surface area contributed by atoms with Gasteiger partial charge in [-0.15, -0.1) is 0 Å². The van der Waals surface area contributed by atoms with Crippen LogP contribution in [-0.2, 0) is 10.1 Å². The zero-order chi connectivity index (χ0) is 11.1. The van der Waals surface area contributed by atoms with Crippen molar-refractivity contribution in [1.82, 2.24) is 0 Å². The maximum absolute atomic E-state index is 10.9. The lowest BCUT2D eigenvalue weighted by Gasteiger charge is -2.12. The Morgan fingerprint density at radius 1 is 1.47 bits per heavy atom. The summed E-state index contributed by atoms with van der Waals surface area (Å²) >= 11 is 0. The second-order valence-corrected chi connectivity index (χ2v) is 6.52. The molecule has 0 saturated carbocycles. The molecule has 1 aromatic rings. The highest BCUT2D eigenvalue weighted by Crippen LogP contribution is 2.50. The Kier molecular flexibility index (Phi) is 2.89. The summed E-state index contributed by atoms with van der Waals surface area (Å²) in [6.07, 6.45) is 0. The number of hydrogen-bond donors (Lipinski definition) is 1. The normalized spacial score (nSPS) is 15.5. The highest BCUT2D eigenvalue weighted by Gasteiger charge is 2.22. The van der Waals surface area contributed by atoms with Crippen molar-refractivity contribution in [2.45, 2.75) is 16.7 Å². The molecule has 7 heteroatoms. The molecule has 1 aliphatic heterocycles. The first-order valence-corrected chi connectivity index (χ1v) is 7.81. The quantitative estimate of drug-likeness (QED) is 0.502. The lowest BCUT2D eigenvalue weighted by atomic mass is 10.3. The van der Waals surface area contributed by atoms with E-state index in [0.717, 1.165) is 17.1 Å². The maximum atomic E-state index is 10.9. The Morgan fingerprint density at radius 2 is 2.20 bits per heavy atom. The van der Waals surface area contributed by atoms with E-state index >= 15 is 0 Å². The molecule has 0 saturated heterocycles. The summed E-state index contributed by atoms with van der Waals surface area (Å²) in [6, 6.07) is 4.64. The van der Waals surface area contributed by atoms with Gasteiger partial charge in [0, 0.05) is 22.4 Å². The molecule has 0 atom stereocenters. The molecule has 1 aliphatic rings. The standard InChI is InChI=1S/C8H9NO3S3/c1-2-9-7-4-3-6(15(10,11)12)5-8(7)13-14-9/h3-5H,2H2,1H3,(H,10,11,12). The van der Waals surface area contributed by atoms with E-state index in [1.807, 2.05) is 6.92 Å². The molecule has 1 heterocycles. The molecular weight excluding hydrogens is 254 g/mol. The van der Waals surface area contributed by atoms with Crippen LogP contribution < -0.4 is 4.31 Å². The van der Waals surface area contributed by atoms with Crippen LogP contribution in [0.3, 0.4) is 0 Å². The predicted octanol–water partition coefficient (Wildman–Crippen LogP) is 2.43. The van der Waals surface area contributed by atoms with Gasteiger partial charge in [0.2, 0.25) is 0 Å². The third-order valence-electron chi connectivity index (χ3n) is 2.00. The molecule has 1 aromatic carbocycles. The summed E-state index contributed by atoms with van der Waals surface area (Å²) in [6.45, 7) is 2.88. The van der Waals surface area contributed by atoms with E-state index in [0.29, 0.717) is 0 Å². The number of nitrogens with zero attached hydrogens (tertiary/aromatic N) is 1. The van der Waals surface area contributed by atoms with E-state index in [1.165, 1.54) is 22.9 Å². The van der Waals surface area contributed by atoms with Gasteiger partial charge in [-0.2, -0.15) is 8.42 Å². The average Bonchev–Trinajstić information content (AvgIpc) is 2.58. The van der Waals surface area contributed by atoms with E-state index in [4.69, 9.17) is 4.55 Å². The minimum atomic E-state index is -4.09. The molecule has 2 rings (SSSR count). The second-order valence-electron chi connectivity index (χ2n) is 2.96. The van der Waals surface area contributed by atoms with Crippen LogP contribution in [0, 0.1) is 0 Å². The molecular formula is C8H9NO3S3. The monoisotopic (exact) mass is 263 g/mol. The third kappa shape index (κ3) is 2.10. The number of fused-ring (bicyclic) bond motifs is 1. The smallest absolute Gasteiger partial charge is 0.294 e. The van der Waals surface area contributed by atoms with Gasteiger partial charge in [-0.1, -0.05) is 0 Å². The van der Waals surface area contributed by atoms with Crippen molar-refractivity contribution in [2.24, 2.45) is 0 Å². The van der Waals surface area contributed by atoms with Gasteiger partial charge in [0.1, 0.15) is 0 Å². The van der Waals surface area contributed by atoms with Crippen LogP contribution in [0.1, 0.15) is 6.92 Å². The largest absolute Gasteiger partial charge is 0.306 e. The topological polar surface area (TPSA) is 57.6 Å². The third-order valence-corrected chi connectivity index (χ3v) is 5.37. The van der Waals surface area contributed by atoms with E-state index in [-0.39, 0.29) is 4.90 Å². The van der Waals surface area contributed by atoms with Crippen molar-refractivity contribution in [3.63, 3.8) is 0 Å². The van der Waals surface area contributed by atoms with Crippen molar-refractivity contribution in [1.29, 1.82) is 0 Å². The minimum absolute atomic E-state index is 0.0488. The highest BCUT2D eigenvalue weighted by atomic mass is 33.1. The van der Waals surface area contributed by atoms with Gasteiger partial charge >= 0.3 is 0 Å². The summed E-state index contributed by atoms with van der Waals surface area (Å²) in [4.78, 5) is 0.823. The summed E-state index contributed by atoms with van der Waals surface area (Å²) < 4.78 is 32.8. The molecule has 0 fully saturated rings. The van der Waals surface area contributed by atoms with Crippen molar-refractivity contribution >= 4 is 37.6 Å². The Balaban J connectivity index is 2.46. The molecule has 0 spiro atoms. The van der Waals surface area contributed by atoms with Crippen LogP contribution in [0.25, 0.3) is 0 Å². The van der Waals surface area contributed by atoms with Crippen molar-refractivity contribution < 1.29 is 13.0 Å². The molecule has 0 bridgehead atoms. The molecule has 15 heavy (non-hydrogen) atoms. The maximum Gasteiger partial charge on any atom is 0.294 e. The summed E-state index contributed by atoms with van der Waals surface area (Å²) in [7, 11) is -1.03. The van der Waals surface area contributed by atoms with E-state index < -0.39 is 10.1 Å². The fourth-order valence-electron chi connectivity index (χ4n) is 1.28. The van der Waals surface area contributed by atoms with Gasteiger partial charge in [0.25, 0.3) is 10.1 Å². The van der Waals surface area contributed by atoms with Gasteiger partial charge in [-0.25, -0.2) is 0 Å².